The summed E-state index contributed by atoms with van der Waals surface area (Å²) < 4.78 is 12.6. The van der Waals surface area contributed by atoms with Crippen LogP contribution in [0.15, 0.2) is 84.9 Å². The highest BCUT2D eigenvalue weighted by molar-refractivity contribution is 6.27. The van der Waals surface area contributed by atoms with Crippen molar-refractivity contribution in [2.45, 2.75) is 105 Å². The average molecular weight is 667 g/mol. The van der Waals surface area contributed by atoms with E-state index in [9.17, 15) is 9.59 Å². The third-order valence-electron chi connectivity index (χ3n) is 10.0. The molecule has 50 heavy (non-hydrogen) atoms. The Bertz CT molecular complexity index is 2000. The number of rotatable bonds is 15. The second-order valence-corrected chi connectivity index (χ2v) is 13.5. The van der Waals surface area contributed by atoms with Crippen LogP contribution in [-0.2, 0) is 22.4 Å². The fourth-order valence-electron chi connectivity index (χ4n) is 7.29. The van der Waals surface area contributed by atoms with Crippen molar-refractivity contribution in [3.63, 3.8) is 0 Å². The lowest BCUT2D eigenvalue weighted by molar-refractivity contribution is -0.135. The van der Waals surface area contributed by atoms with Gasteiger partial charge in [0, 0.05) is 34.4 Å². The van der Waals surface area contributed by atoms with Crippen LogP contribution >= 0.6 is 0 Å². The summed E-state index contributed by atoms with van der Waals surface area (Å²) in [5.41, 5.74) is 4.62. The number of carbonyl (C=O) groups is 2. The molecule has 0 N–H and O–H groups in total. The van der Waals surface area contributed by atoms with E-state index in [1.54, 1.807) is 0 Å². The Morgan fingerprint density at radius 3 is 1.20 bits per heavy atom. The van der Waals surface area contributed by atoms with Crippen molar-refractivity contribution < 1.29 is 19.1 Å². The van der Waals surface area contributed by atoms with Gasteiger partial charge in [0.15, 0.2) is 0 Å². The van der Waals surface area contributed by atoms with Crippen molar-refractivity contribution in [3.05, 3.63) is 96.1 Å². The van der Waals surface area contributed by atoms with Crippen LogP contribution in [-0.4, -0.2) is 11.9 Å². The number of esters is 2. The second kappa shape index (κ2) is 16.3. The minimum Gasteiger partial charge on any atom is -0.425 e. The van der Waals surface area contributed by atoms with E-state index in [1.165, 1.54) is 11.1 Å². The monoisotopic (exact) mass is 666 g/mol. The summed E-state index contributed by atoms with van der Waals surface area (Å²) in [5.74, 6) is 0.867. The van der Waals surface area contributed by atoms with Crippen LogP contribution in [0, 0.1) is 0 Å². The molecule has 0 saturated heterocycles. The molecule has 0 aliphatic heterocycles. The molecule has 0 aliphatic rings. The van der Waals surface area contributed by atoms with Gasteiger partial charge in [-0.05, 0) is 69.5 Å². The molecule has 0 bridgehead atoms. The number of ether oxygens (including phenoxy) is 2. The maximum atomic E-state index is 13.3. The summed E-state index contributed by atoms with van der Waals surface area (Å²) in [5, 5.41) is 7.80. The molecule has 6 rings (SSSR count). The van der Waals surface area contributed by atoms with Gasteiger partial charge in [0.2, 0.25) is 0 Å². The van der Waals surface area contributed by atoms with E-state index in [1.807, 2.05) is 12.1 Å². The van der Waals surface area contributed by atoms with Crippen molar-refractivity contribution in [3.8, 4) is 22.6 Å². The first kappa shape index (κ1) is 35.1. The lowest BCUT2D eigenvalue weighted by Crippen LogP contribution is -2.09. The van der Waals surface area contributed by atoms with Crippen molar-refractivity contribution in [2.75, 3.05) is 0 Å². The molecular weight excluding hydrogens is 617 g/mol. The van der Waals surface area contributed by atoms with Crippen LogP contribution in [0.5, 0.6) is 11.5 Å². The first-order chi connectivity index (χ1) is 24.5. The van der Waals surface area contributed by atoms with E-state index in [-0.39, 0.29) is 11.9 Å². The van der Waals surface area contributed by atoms with Gasteiger partial charge in [0.1, 0.15) is 11.5 Å². The molecule has 0 aliphatic carbocycles. The first-order valence-corrected chi connectivity index (χ1v) is 18.8. The van der Waals surface area contributed by atoms with Crippen LogP contribution in [0.2, 0.25) is 0 Å². The Balaban J connectivity index is 1.64. The second-order valence-electron chi connectivity index (χ2n) is 13.5. The number of hydrogen-bond acceptors (Lipinski definition) is 4. The van der Waals surface area contributed by atoms with Gasteiger partial charge in [-0.3, -0.25) is 9.59 Å². The molecule has 4 nitrogen and oxygen atoms in total. The predicted molar refractivity (Wildman–Crippen MR) is 209 cm³/mol. The van der Waals surface area contributed by atoms with E-state index >= 15 is 0 Å². The molecule has 258 valence electrons. The zero-order chi connectivity index (χ0) is 35.0. The maximum Gasteiger partial charge on any atom is 0.311 e. The maximum absolute atomic E-state index is 13.3. The number of unbranched alkanes of at least 4 members (excludes halogenated alkanes) is 6. The molecule has 0 aromatic heterocycles. The summed E-state index contributed by atoms with van der Waals surface area (Å²) in [7, 11) is 0. The lowest BCUT2D eigenvalue weighted by atomic mass is 9.84. The Morgan fingerprint density at radius 1 is 0.440 bits per heavy atom. The topological polar surface area (TPSA) is 52.6 Å². The molecule has 0 fully saturated rings. The van der Waals surface area contributed by atoms with Gasteiger partial charge < -0.3 is 9.47 Å². The van der Waals surface area contributed by atoms with Crippen molar-refractivity contribution in [1.29, 1.82) is 0 Å². The summed E-state index contributed by atoms with van der Waals surface area (Å²) >= 11 is 0. The molecule has 0 spiro atoms. The summed E-state index contributed by atoms with van der Waals surface area (Å²) in [6.07, 6.45) is 10.7. The fraction of sp³-hybridized carbons (Fsp3) is 0.348. The van der Waals surface area contributed by atoms with Crippen molar-refractivity contribution in [2.24, 2.45) is 0 Å². The van der Waals surface area contributed by atoms with Crippen LogP contribution in [0.1, 0.15) is 103 Å². The SMILES string of the molecule is CCCCCCC(=O)Oc1c2ccccc2c(-c2c3ccccc3c(OC(=O)CCCCCC)c3ccc(CC)cc23)c2cc(CC)ccc12. The van der Waals surface area contributed by atoms with Gasteiger partial charge in [-0.1, -0.05) is 151 Å². The molecule has 0 amide bonds. The highest BCUT2D eigenvalue weighted by atomic mass is 16.5. The van der Waals surface area contributed by atoms with E-state index in [0.717, 1.165) is 118 Å². The third kappa shape index (κ3) is 7.26. The van der Waals surface area contributed by atoms with Gasteiger partial charge in [0.05, 0.1) is 0 Å². The Morgan fingerprint density at radius 2 is 0.820 bits per heavy atom. The third-order valence-corrected chi connectivity index (χ3v) is 10.0. The molecule has 6 aromatic rings. The van der Waals surface area contributed by atoms with Gasteiger partial charge in [0.25, 0.3) is 0 Å². The molecule has 4 heteroatoms. The number of hydrogen-bond donors (Lipinski definition) is 0. The molecule has 6 aromatic carbocycles. The van der Waals surface area contributed by atoms with E-state index in [2.05, 4.69) is 100 Å². The van der Waals surface area contributed by atoms with Gasteiger partial charge in [-0.25, -0.2) is 0 Å². The molecule has 0 atom stereocenters. The van der Waals surface area contributed by atoms with E-state index < -0.39 is 0 Å². The molecule has 0 saturated carbocycles. The summed E-state index contributed by atoms with van der Waals surface area (Å²) in [6.45, 7) is 8.69. The van der Waals surface area contributed by atoms with Crippen LogP contribution in [0.4, 0.5) is 0 Å². The number of aryl methyl sites for hydroxylation is 2. The Kier molecular flexibility index (Phi) is 11.5. The molecule has 0 heterocycles. The van der Waals surface area contributed by atoms with Crippen molar-refractivity contribution >= 4 is 55.0 Å². The van der Waals surface area contributed by atoms with Crippen LogP contribution < -0.4 is 9.47 Å². The molecule has 0 radical (unpaired) electrons. The normalized spacial score (nSPS) is 11.5. The summed E-state index contributed by atoms with van der Waals surface area (Å²) in [6, 6.07) is 29.7. The Hall–Kier alpha value is -4.70. The summed E-state index contributed by atoms with van der Waals surface area (Å²) in [4.78, 5) is 26.6. The van der Waals surface area contributed by atoms with Gasteiger partial charge in [-0.15, -0.1) is 0 Å². The zero-order valence-corrected chi connectivity index (χ0v) is 30.2. The van der Waals surface area contributed by atoms with Crippen molar-refractivity contribution in [1.82, 2.24) is 0 Å². The van der Waals surface area contributed by atoms with Gasteiger partial charge >= 0.3 is 11.9 Å². The number of fused-ring (bicyclic) bond motifs is 4. The lowest BCUT2D eigenvalue weighted by Gasteiger charge is -2.22. The highest BCUT2D eigenvalue weighted by Gasteiger charge is 2.24. The standard InChI is InChI=1S/C46H50O4/c1-5-9-11-13-23-41(47)49-45-35-21-17-15-19-33(35)43(39-29-31(7-3)25-27-37(39)45)44-34-20-16-18-22-36(34)46(50-42(48)24-14-12-10-6-2)38-28-26-32(8-4)30-40(38)44/h15-22,25-30H,5-14,23-24H2,1-4H3. The fourth-order valence-corrected chi connectivity index (χ4v) is 7.29. The highest BCUT2D eigenvalue weighted by Crippen LogP contribution is 2.50. The van der Waals surface area contributed by atoms with Gasteiger partial charge in [-0.2, -0.15) is 0 Å². The minimum absolute atomic E-state index is 0.191. The number of carbonyl (C=O) groups excluding carboxylic acids is 2. The quantitative estimate of drug-likeness (QED) is 0.0474. The van der Waals surface area contributed by atoms with E-state index in [0.29, 0.717) is 24.3 Å². The molecular formula is C46H50O4. The molecule has 0 unspecified atom stereocenters. The average Bonchev–Trinajstić information content (AvgIpc) is 3.15. The predicted octanol–water partition coefficient (Wildman–Crippen LogP) is 12.8. The van der Waals surface area contributed by atoms with Crippen LogP contribution in [0.3, 0.4) is 0 Å². The Labute approximate surface area is 296 Å². The van der Waals surface area contributed by atoms with Crippen LogP contribution in [0.25, 0.3) is 54.2 Å². The largest absolute Gasteiger partial charge is 0.425 e. The first-order valence-electron chi connectivity index (χ1n) is 18.8. The zero-order valence-electron chi connectivity index (χ0n) is 30.2. The number of benzene rings is 6. The minimum atomic E-state index is -0.191. The smallest absolute Gasteiger partial charge is 0.311 e. The van der Waals surface area contributed by atoms with E-state index in [4.69, 9.17) is 9.47 Å².